The number of methoxy groups -OCH3 is 1. The number of hydrogen-bond acceptors (Lipinski definition) is 3. The fourth-order valence-corrected chi connectivity index (χ4v) is 3.07. The summed E-state index contributed by atoms with van der Waals surface area (Å²) in [5, 5.41) is 0. The number of likely N-dealkylation sites (N-methyl/N-ethyl adjacent to an activating group) is 1. The fourth-order valence-electron chi connectivity index (χ4n) is 3.07. The minimum atomic E-state index is 0.234. The second-order valence-electron chi connectivity index (χ2n) is 6.09. The minimum Gasteiger partial charge on any atom is -0.383 e. The Labute approximate surface area is 113 Å². The zero-order valence-corrected chi connectivity index (χ0v) is 12.7. The first-order valence-electron chi connectivity index (χ1n) is 7.54. The van der Waals surface area contributed by atoms with Gasteiger partial charge in [0, 0.05) is 25.7 Å². The molecule has 1 unspecified atom stereocenters. The molecule has 1 aliphatic rings. The van der Waals surface area contributed by atoms with Crippen LogP contribution < -0.4 is 5.73 Å². The third-order valence-corrected chi connectivity index (χ3v) is 4.42. The Bertz CT molecular complexity index is 229. The minimum absolute atomic E-state index is 0.234. The molecule has 1 saturated carbocycles. The molecule has 0 aromatic rings. The Morgan fingerprint density at radius 2 is 2.06 bits per heavy atom. The molecule has 0 amide bonds. The van der Waals surface area contributed by atoms with E-state index in [1.165, 1.54) is 25.7 Å². The average molecular weight is 256 g/mol. The Balaban J connectivity index is 2.72. The van der Waals surface area contributed by atoms with E-state index in [9.17, 15) is 0 Å². The van der Waals surface area contributed by atoms with Crippen molar-refractivity contribution in [1.29, 1.82) is 0 Å². The van der Waals surface area contributed by atoms with Crippen molar-refractivity contribution >= 4 is 0 Å². The summed E-state index contributed by atoms with van der Waals surface area (Å²) in [5.74, 6) is 1.58. The number of hydrogen-bond donors (Lipinski definition) is 1. The summed E-state index contributed by atoms with van der Waals surface area (Å²) in [5.41, 5.74) is 6.43. The first kappa shape index (κ1) is 15.9. The molecule has 0 aliphatic heterocycles. The lowest BCUT2D eigenvalue weighted by Crippen LogP contribution is -2.56. The predicted molar refractivity (Wildman–Crippen MR) is 77.7 cm³/mol. The van der Waals surface area contributed by atoms with Gasteiger partial charge in [-0.25, -0.2) is 0 Å². The SMILES string of the molecule is CCN(CCOC)C(CN)(CCC(C)C)C1CC1. The highest BCUT2D eigenvalue weighted by Crippen LogP contribution is 2.45. The summed E-state index contributed by atoms with van der Waals surface area (Å²) in [6, 6.07) is 0. The van der Waals surface area contributed by atoms with Crippen LogP contribution in [0.4, 0.5) is 0 Å². The molecule has 0 aromatic carbocycles. The topological polar surface area (TPSA) is 38.5 Å². The van der Waals surface area contributed by atoms with Crippen LogP contribution in [0.5, 0.6) is 0 Å². The van der Waals surface area contributed by atoms with Gasteiger partial charge in [-0.2, -0.15) is 0 Å². The molecular weight excluding hydrogens is 224 g/mol. The lowest BCUT2D eigenvalue weighted by atomic mass is 9.83. The molecule has 0 saturated heterocycles. The van der Waals surface area contributed by atoms with Crippen LogP contribution in [0.1, 0.15) is 46.5 Å². The van der Waals surface area contributed by atoms with Crippen molar-refractivity contribution in [3.05, 3.63) is 0 Å². The molecule has 0 spiro atoms. The lowest BCUT2D eigenvalue weighted by molar-refractivity contribution is 0.0384. The molecule has 0 heterocycles. The quantitative estimate of drug-likeness (QED) is 0.652. The Kier molecular flexibility index (Phi) is 6.61. The monoisotopic (exact) mass is 256 g/mol. The molecule has 3 heteroatoms. The fraction of sp³-hybridized carbons (Fsp3) is 1.00. The Hall–Kier alpha value is -0.120. The van der Waals surface area contributed by atoms with Crippen LogP contribution in [-0.4, -0.2) is 43.8 Å². The molecule has 108 valence electrons. The Morgan fingerprint density at radius 3 is 2.44 bits per heavy atom. The highest BCUT2D eigenvalue weighted by atomic mass is 16.5. The van der Waals surface area contributed by atoms with E-state index in [-0.39, 0.29) is 5.54 Å². The van der Waals surface area contributed by atoms with Crippen LogP contribution in [-0.2, 0) is 4.74 Å². The van der Waals surface area contributed by atoms with Gasteiger partial charge in [0.05, 0.1) is 6.61 Å². The maximum absolute atomic E-state index is 6.20. The van der Waals surface area contributed by atoms with Gasteiger partial charge in [-0.3, -0.25) is 4.90 Å². The van der Waals surface area contributed by atoms with Gasteiger partial charge in [0.25, 0.3) is 0 Å². The zero-order valence-electron chi connectivity index (χ0n) is 12.7. The molecule has 1 fully saturated rings. The largest absolute Gasteiger partial charge is 0.383 e. The second-order valence-corrected chi connectivity index (χ2v) is 6.09. The van der Waals surface area contributed by atoms with E-state index in [1.54, 1.807) is 7.11 Å². The van der Waals surface area contributed by atoms with Crippen molar-refractivity contribution in [2.24, 2.45) is 17.6 Å². The van der Waals surface area contributed by atoms with Crippen LogP contribution in [0, 0.1) is 11.8 Å². The molecular formula is C15H32N2O. The number of ether oxygens (including phenoxy) is 1. The molecule has 1 atom stereocenters. The molecule has 0 aromatic heterocycles. The van der Waals surface area contributed by atoms with Gasteiger partial charge in [-0.05, 0) is 44.1 Å². The van der Waals surface area contributed by atoms with Crippen molar-refractivity contribution in [1.82, 2.24) is 4.90 Å². The Morgan fingerprint density at radius 1 is 1.39 bits per heavy atom. The number of rotatable bonds is 10. The first-order valence-corrected chi connectivity index (χ1v) is 7.54. The molecule has 3 nitrogen and oxygen atoms in total. The molecule has 18 heavy (non-hydrogen) atoms. The molecule has 0 bridgehead atoms. The van der Waals surface area contributed by atoms with Crippen LogP contribution in [0.2, 0.25) is 0 Å². The molecule has 2 N–H and O–H groups in total. The summed E-state index contributed by atoms with van der Waals surface area (Å²) < 4.78 is 5.26. The lowest BCUT2D eigenvalue weighted by Gasteiger charge is -2.44. The number of nitrogens with zero attached hydrogens (tertiary/aromatic N) is 1. The van der Waals surface area contributed by atoms with Gasteiger partial charge in [0.2, 0.25) is 0 Å². The third kappa shape index (κ3) is 3.94. The molecule has 1 rings (SSSR count). The third-order valence-electron chi connectivity index (χ3n) is 4.42. The standard InChI is InChI=1S/C15H32N2O/c1-5-17(10-11-18-4)15(12-16,14-6-7-14)9-8-13(2)3/h13-14H,5-12,16H2,1-4H3. The van der Waals surface area contributed by atoms with E-state index >= 15 is 0 Å². The van der Waals surface area contributed by atoms with Crippen molar-refractivity contribution < 1.29 is 4.74 Å². The van der Waals surface area contributed by atoms with Crippen molar-refractivity contribution in [3.8, 4) is 0 Å². The van der Waals surface area contributed by atoms with E-state index in [1.807, 2.05) is 0 Å². The maximum atomic E-state index is 6.20. The van der Waals surface area contributed by atoms with E-state index in [0.29, 0.717) is 0 Å². The van der Waals surface area contributed by atoms with E-state index < -0.39 is 0 Å². The van der Waals surface area contributed by atoms with Gasteiger partial charge in [-0.15, -0.1) is 0 Å². The summed E-state index contributed by atoms with van der Waals surface area (Å²) in [4.78, 5) is 2.58. The van der Waals surface area contributed by atoms with Gasteiger partial charge in [0.15, 0.2) is 0 Å². The normalized spacial score (nSPS) is 19.5. The second kappa shape index (κ2) is 7.46. The summed E-state index contributed by atoms with van der Waals surface area (Å²) in [7, 11) is 1.78. The summed E-state index contributed by atoms with van der Waals surface area (Å²) >= 11 is 0. The van der Waals surface area contributed by atoms with Crippen molar-refractivity contribution in [2.75, 3.05) is 33.4 Å². The van der Waals surface area contributed by atoms with Crippen LogP contribution in [0.25, 0.3) is 0 Å². The van der Waals surface area contributed by atoms with E-state index in [0.717, 1.165) is 38.1 Å². The van der Waals surface area contributed by atoms with E-state index in [4.69, 9.17) is 10.5 Å². The van der Waals surface area contributed by atoms with Gasteiger partial charge in [-0.1, -0.05) is 20.8 Å². The van der Waals surface area contributed by atoms with Crippen molar-refractivity contribution in [3.63, 3.8) is 0 Å². The summed E-state index contributed by atoms with van der Waals surface area (Å²) in [6.07, 6.45) is 5.23. The predicted octanol–water partition coefficient (Wildman–Crippen LogP) is 2.50. The number of nitrogens with two attached hydrogens (primary N) is 1. The van der Waals surface area contributed by atoms with E-state index in [2.05, 4.69) is 25.7 Å². The maximum Gasteiger partial charge on any atom is 0.0589 e. The first-order chi connectivity index (χ1) is 8.60. The summed E-state index contributed by atoms with van der Waals surface area (Å²) in [6.45, 7) is 10.6. The highest BCUT2D eigenvalue weighted by Gasteiger charge is 2.47. The van der Waals surface area contributed by atoms with Crippen molar-refractivity contribution in [2.45, 2.75) is 52.0 Å². The molecule has 0 radical (unpaired) electrons. The highest BCUT2D eigenvalue weighted by molar-refractivity contribution is 5.03. The van der Waals surface area contributed by atoms with Gasteiger partial charge < -0.3 is 10.5 Å². The zero-order chi connectivity index (χ0) is 13.6. The molecule has 1 aliphatic carbocycles. The average Bonchev–Trinajstić information content (AvgIpc) is 3.18. The van der Waals surface area contributed by atoms with Crippen LogP contribution in [0.15, 0.2) is 0 Å². The smallest absolute Gasteiger partial charge is 0.0589 e. The van der Waals surface area contributed by atoms with Crippen LogP contribution in [0.3, 0.4) is 0 Å². The van der Waals surface area contributed by atoms with Gasteiger partial charge >= 0.3 is 0 Å². The van der Waals surface area contributed by atoms with Crippen LogP contribution >= 0.6 is 0 Å². The van der Waals surface area contributed by atoms with Gasteiger partial charge in [0.1, 0.15) is 0 Å².